The first-order valence-electron chi connectivity index (χ1n) is 7.99. The van der Waals surface area contributed by atoms with Crippen LogP contribution in [0.25, 0.3) is 5.69 Å². The highest BCUT2D eigenvalue weighted by atomic mass is 35.5. The van der Waals surface area contributed by atoms with Gasteiger partial charge < -0.3 is 10.4 Å². The second-order valence-corrected chi connectivity index (χ2v) is 6.06. The van der Waals surface area contributed by atoms with Gasteiger partial charge in [-0.05, 0) is 36.2 Å². The van der Waals surface area contributed by atoms with E-state index in [-0.39, 0.29) is 28.6 Å². The molecule has 27 heavy (non-hydrogen) atoms. The number of nitrogens with one attached hydrogen (secondary N) is 2. The third kappa shape index (κ3) is 4.24. The van der Waals surface area contributed by atoms with Crippen LogP contribution >= 0.6 is 11.6 Å². The minimum absolute atomic E-state index is 0.159. The molecule has 9 heteroatoms. The average molecular weight is 387 g/mol. The molecule has 3 aromatic rings. The van der Waals surface area contributed by atoms with Crippen molar-refractivity contribution >= 4 is 17.5 Å². The second kappa shape index (κ2) is 7.88. The summed E-state index contributed by atoms with van der Waals surface area (Å²) in [6.07, 6.45) is 1.40. The van der Waals surface area contributed by atoms with Crippen LogP contribution in [0.4, 0.5) is 0 Å². The molecule has 0 aliphatic heterocycles. The standard InChI is InChI=1S/C18H15ClN4O4/c19-14-6-5-12(23-18(27)22-16(25)10-21-23)9-13(14)17(26)20-8-7-11-3-1-2-4-15(11)24/h1-6,9-10,24H,7-8H2,(H,20,26)(H,22,25,27). The Morgan fingerprint density at radius 3 is 2.74 bits per heavy atom. The van der Waals surface area contributed by atoms with Gasteiger partial charge in [-0.1, -0.05) is 29.8 Å². The van der Waals surface area contributed by atoms with E-state index in [9.17, 15) is 19.5 Å². The zero-order valence-electron chi connectivity index (χ0n) is 14.0. The lowest BCUT2D eigenvalue weighted by Gasteiger charge is -2.10. The Balaban J connectivity index is 1.77. The van der Waals surface area contributed by atoms with Gasteiger partial charge in [-0.15, -0.1) is 0 Å². The van der Waals surface area contributed by atoms with E-state index in [2.05, 4.69) is 15.4 Å². The van der Waals surface area contributed by atoms with Gasteiger partial charge in [0.25, 0.3) is 11.5 Å². The molecule has 3 N–H and O–H groups in total. The van der Waals surface area contributed by atoms with Crippen molar-refractivity contribution in [2.24, 2.45) is 0 Å². The third-order valence-corrected chi connectivity index (χ3v) is 4.15. The number of carbonyl (C=O) groups is 1. The molecule has 0 bridgehead atoms. The summed E-state index contributed by atoms with van der Waals surface area (Å²) < 4.78 is 0.955. The van der Waals surface area contributed by atoms with Crippen LogP contribution in [0.1, 0.15) is 15.9 Å². The molecule has 0 saturated carbocycles. The molecular weight excluding hydrogens is 372 g/mol. The van der Waals surface area contributed by atoms with Crippen LogP contribution in [0.3, 0.4) is 0 Å². The minimum atomic E-state index is -0.726. The lowest BCUT2D eigenvalue weighted by molar-refractivity contribution is 0.0954. The number of H-pyrrole nitrogens is 1. The van der Waals surface area contributed by atoms with Gasteiger partial charge in [0.05, 0.1) is 16.3 Å². The van der Waals surface area contributed by atoms with Gasteiger partial charge in [-0.2, -0.15) is 9.78 Å². The number of para-hydroxylation sites is 1. The molecule has 1 aromatic heterocycles. The fourth-order valence-corrected chi connectivity index (χ4v) is 2.69. The predicted molar refractivity (Wildman–Crippen MR) is 99.6 cm³/mol. The van der Waals surface area contributed by atoms with E-state index in [1.54, 1.807) is 24.3 Å². The number of hydrogen-bond donors (Lipinski definition) is 3. The van der Waals surface area contributed by atoms with E-state index in [1.807, 2.05) is 0 Å². The topological polar surface area (TPSA) is 117 Å². The molecule has 1 heterocycles. The Kier molecular flexibility index (Phi) is 5.37. The van der Waals surface area contributed by atoms with Crippen molar-refractivity contribution in [1.29, 1.82) is 0 Å². The normalized spacial score (nSPS) is 10.6. The van der Waals surface area contributed by atoms with Crippen molar-refractivity contribution in [3.8, 4) is 11.4 Å². The first-order chi connectivity index (χ1) is 13.0. The molecule has 0 atom stereocenters. The molecule has 138 valence electrons. The highest BCUT2D eigenvalue weighted by Crippen LogP contribution is 2.19. The van der Waals surface area contributed by atoms with E-state index in [0.717, 1.165) is 10.9 Å². The first-order valence-corrected chi connectivity index (χ1v) is 8.37. The number of aromatic nitrogens is 3. The summed E-state index contributed by atoms with van der Waals surface area (Å²) in [6, 6.07) is 11.2. The Morgan fingerprint density at radius 2 is 2.00 bits per heavy atom. The summed E-state index contributed by atoms with van der Waals surface area (Å²) in [6.45, 7) is 0.286. The van der Waals surface area contributed by atoms with E-state index in [4.69, 9.17) is 11.6 Å². The maximum Gasteiger partial charge on any atom is 0.349 e. The number of hydrogen-bond acceptors (Lipinski definition) is 5. The van der Waals surface area contributed by atoms with E-state index >= 15 is 0 Å². The largest absolute Gasteiger partial charge is 0.508 e. The fourth-order valence-electron chi connectivity index (χ4n) is 2.48. The smallest absolute Gasteiger partial charge is 0.349 e. The zero-order valence-corrected chi connectivity index (χ0v) is 14.7. The van der Waals surface area contributed by atoms with Crippen LogP contribution in [0.2, 0.25) is 5.02 Å². The van der Waals surface area contributed by atoms with Gasteiger partial charge in [-0.25, -0.2) is 4.79 Å². The van der Waals surface area contributed by atoms with Crippen LogP contribution < -0.4 is 16.6 Å². The Hall–Kier alpha value is -3.39. The summed E-state index contributed by atoms with van der Waals surface area (Å²) >= 11 is 6.10. The number of carbonyl (C=O) groups excluding carboxylic acids is 1. The molecular formula is C18H15ClN4O4. The van der Waals surface area contributed by atoms with Crippen LogP contribution in [0.15, 0.2) is 58.3 Å². The minimum Gasteiger partial charge on any atom is -0.508 e. The van der Waals surface area contributed by atoms with E-state index < -0.39 is 17.2 Å². The fraction of sp³-hybridized carbons (Fsp3) is 0.111. The Labute approximate surface area is 158 Å². The van der Waals surface area contributed by atoms with Gasteiger partial charge in [0.15, 0.2) is 0 Å². The van der Waals surface area contributed by atoms with Gasteiger partial charge in [-0.3, -0.25) is 14.6 Å². The average Bonchev–Trinajstić information content (AvgIpc) is 2.64. The van der Waals surface area contributed by atoms with Crippen LogP contribution in [-0.2, 0) is 6.42 Å². The number of aromatic amines is 1. The van der Waals surface area contributed by atoms with Crippen molar-refractivity contribution in [2.45, 2.75) is 6.42 Å². The molecule has 2 aromatic carbocycles. The van der Waals surface area contributed by atoms with Crippen LogP contribution in [0.5, 0.6) is 5.75 Å². The molecule has 3 rings (SSSR count). The summed E-state index contributed by atoms with van der Waals surface area (Å²) in [5.41, 5.74) is -0.192. The first kappa shape index (κ1) is 18.4. The van der Waals surface area contributed by atoms with Gasteiger partial charge in [0.2, 0.25) is 0 Å². The summed E-state index contributed by atoms with van der Waals surface area (Å²) in [5.74, 6) is -0.273. The van der Waals surface area contributed by atoms with Crippen molar-refractivity contribution in [3.05, 3.63) is 85.6 Å². The number of phenols is 1. The maximum atomic E-state index is 12.4. The number of halogens is 1. The van der Waals surface area contributed by atoms with Crippen LogP contribution in [-0.4, -0.2) is 32.3 Å². The molecule has 0 unspecified atom stereocenters. The summed E-state index contributed by atoms with van der Waals surface area (Å²) in [5, 5.41) is 16.4. The molecule has 1 amide bonds. The number of aromatic hydroxyl groups is 1. The Morgan fingerprint density at radius 1 is 1.22 bits per heavy atom. The quantitative estimate of drug-likeness (QED) is 0.610. The van der Waals surface area contributed by atoms with Crippen molar-refractivity contribution in [3.63, 3.8) is 0 Å². The number of rotatable bonds is 5. The van der Waals surface area contributed by atoms with Crippen LogP contribution in [0, 0.1) is 0 Å². The molecule has 0 radical (unpaired) electrons. The molecule has 0 aliphatic carbocycles. The molecule has 0 fully saturated rings. The number of benzene rings is 2. The second-order valence-electron chi connectivity index (χ2n) is 5.65. The predicted octanol–water partition coefficient (Wildman–Crippen LogP) is 1.25. The lowest BCUT2D eigenvalue weighted by Crippen LogP contribution is -2.31. The van der Waals surface area contributed by atoms with Crippen molar-refractivity contribution in [1.82, 2.24) is 20.1 Å². The monoisotopic (exact) mass is 386 g/mol. The summed E-state index contributed by atoms with van der Waals surface area (Å²) in [4.78, 5) is 37.5. The molecule has 0 saturated heterocycles. The van der Waals surface area contributed by atoms with E-state index in [1.165, 1.54) is 18.2 Å². The van der Waals surface area contributed by atoms with Crippen molar-refractivity contribution < 1.29 is 9.90 Å². The highest BCUT2D eigenvalue weighted by molar-refractivity contribution is 6.33. The number of phenolic OH excluding ortho intramolecular Hbond substituents is 1. The number of nitrogens with zero attached hydrogens (tertiary/aromatic N) is 2. The highest BCUT2D eigenvalue weighted by Gasteiger charge is 2.13. The Bertz CT molecular complexity index is 1110. The molecule has 0 spiro atoms. The van der Waals surface area contributed by atoms with Gasteiger partial charge in [0.1, 0.15) is 11.9 Å². The van der Waals surface area contributed by atoms with Gasteiger partial charge in [0, 0.05) is 6.54 Å². The SMILES string of the molecule is O=C(NCCc1ccccc1O)c1cc(-n2ncc(=O)[nH]c2=O)ccc1Cl. The number of amides is 1. The zero-order chi connectivity index (χ0) is 19.4. The lowest BCUT2D eigenvalue weighted by atomic mass is 10.1. The molecule has 8 nitrogen and oxygen atoms in total. The molecule has 0 aliphatic rings. The van der Waals surface area contributed by atoms with Gasteiger partial charge >= 0.3 is 5.69 Å². The van der Waals surface area contributed by atoms with E-state index in [0.29, 0.717) is 12.0 Å². The third-order valence-electron chi connectivity index (χ3n) is 3.82. The maximum absolute atomic E-state index is 12.4. The van der Waals surface area contributed by atoms with Crippen molar-refractivity contribution in [2.75, 3.05) is 6.54 Å². The summed E-state index contributed by atoms with van der Waals surface area (Å²) in [7, 11) is 0.